The van der Waals surface area contributed by atoms with Gasteiger partial charge in [0.1, 0.15) is 0 Å². The first kappa shape index (κ1) is 10.2. The molecule has 1 rings (SSSR count). The Morgan fingerprint density at radius 3 is 2.77 bits per heavy atom. The largest absolute Gasteiger partial charge is 0.340 e. The summed E-state index contributed by atoms with van der Waals surface area (Å²) in [5.74, 6) is 0.707. The smallest absolute Gasteiger partial charge is 0.227 e. The van der Waals surface area contributed by atoms with Crippen molar-refractivity contribution in [3.63, 3.8) is 0 Å². The van der Waals surface area contributed by atoms with Crippen LogP contribution in [-0.2, 0) is 6.42 Å². The predicted octanol–water partition coefficient (Wildman–Crippen LogP) is 1.39. The van der Waals surface area contributed by atoms with Gasteiger partial charge in [-0.2, -0.15) is 4.98 Å². The SMILES string of the molecule is CCC(CC)NCCc1ncno1. The minimum absolute atomic E-state index is 0.614. The predicted molar refractivity (Wildman–Crippen MR) is 50.4 cm³/mol. The molecule has 0 aliphatic heterocycles. The fourth-order valence-corrected chi connectivity index (χ4v) is 1.27. The van der Waals surface area contributed by atoms with Crippen LogP contribution in [-0.4, -0.2) is 22.7 Å². The van der Waals surface area contributed by atoms with Gasteiger partial charge in [0, 0.05) is 19.0 Å². The lowest BCUT2D eigenvalue weighted by Gasteiger charge is -2.13. The van der Waals surface area contributed by atoms with Gasteiger partial charge in [0.2, 0.25) is 5.89 Å². The van der Waals surface area contributed by atoms with Gasteiger partial charge in [0.25, 0.3) is 0 Å². The maximum absolute atomic E-state index is 4.88. The van der Waals surface area contributed by atoms with Crippen molar-refractivity contribution in [3.8, 4) is 0 Å². The molecule has 13 heavy (non-hydrogen) atoms. The molecule has 0 amide bonds. The first-order chi connectivity index (χ1) is 6.36. The van der Waals surface area contributed by atoms with Gasteiger partial charge >= 0.3 is 0 Å². The zero-order valence-corrected chi connectivity index (χ0v) is 8.29. The lowest BCUT2D eigenvalue weighted by molar-refractivity contribution is 0.369. The van der Waals surface area contributed by atoms with E-state index in [4.69, 9.17) is 4.52 Å². The molecular formula is C9H17N3O. The molecule has 0 saturated carbocycles. The summed E-state index contributed by atoms with van der Waals surface area (Å²) >= 11 is 0. The molecule has 1 heterocycles. The van der Waals surface area contributed by atoms with Crippen molar-refractivity contribution in [1.29, 1.82) is 0 Å². The third kappa shape index (κ3) is 3.55. The molecule has 0 spiro atoms. The molecule has 0 bridgehead atoms. The van der Waals surface area contributed by atoms with Crippen LogP contribution < -0.4 is 5.32 Å². The van der Waals surface area contributed by atoms with E-state index in [1.807, 2.05) is 0 Å². The Bertz CT molecular complexity index is 207. The van der Waals surface area contributed by atoms with Crippen LogP contribution in [0.15, 0.2) is 10.9 Å². The molecule has 4 nitrogen and oxygen atoms in total. The highest BCUT2D eigenvalue weighted by molar-refractivity contribution is 4.76. The number of hydrogen-bond donors (Lipinski definition) is 1. The molecule has 4 heteroatoms. The molecule has 1 N–H and O–H groups in total. The van der Waals surface area contributed by atoms with Gasteiger partial charge in [-0.1, -0.05) is 19.0 Å². The van der Waals surface area contributed by atoms with Crippen LogP contribution in [0.4, 0.5) is 0 Å². The van der Waals surface area contributed by atoms with Crippen molar-refractivity contribution in [1.82, 2.24) is 15.5 Å². The molecule has 0 aromatic carbocycles. The molecule has 0 aliphatic rings. The molecule has 1 aromatic heterocycles. The fourth-order valence-electron chi connectivity index (χ4n) is 1.27. The van der Waals surface area contributed by atoms with Crippen molar-refractivity contribution >= 4 is 0 Å². The minimum Gasteiger partial charge on any atom is -0.340 e. The molecule has 0 saturated heterocycles. The molecule has 0 atom stereocenters. The van der Waals surface area contributed by atoms with Gasteiger partial charge in [0.15, 0.2) is 6.33 Å². The Balaban J connectivity index is 2.13. The average Bonchev–Trinajstić information content (AvgIpc) is 2.65. The Morgan fingerprint density at radius 1 is 1.46 bits per heavy atom. The van der Waals surface area contributed by atoms with Crippen LogP contribution in [0.1, 0.15) is 32.6 Å². The maximum atomic E-state index is 4.88. The summed E-state index contributed by atoms with van der Waals surface area (Å²) in [5.41, 5.74) is 0. The van der Waals surface area contributed by atoms with Crippen molar-refractivity contribution in [2.45, 2.75) is 39.2 Å². The zero-order valence-electron chi connectivity index (χ0n) is 8.29. The molecule has 0 radical (unpaired) electrons. The molecule has 0 aliphatic carbocycles. The summed E-state index contributed by atoms with van der Waals surface area (Å²) in [6, 6.07) is 0.614. The van der Waals surface area contributed by atoms with Crippen LogP contribution in [0.5, 0.6) is 0 Å². The second kappa shape index (κ2) is 5.70. The van der Waals surface area contributed by atoms with E-state index >= 15 is 0 Å². The molecule has 0 fully saturated rings. The van der Waals surface area contributed by atoms with E-state index in [1.165, 1.54) is 19.2 Å². The third-order valence-electron chi connectivity index (χ3n) is 2.16. The van der Waals surface area contributed by atoms with Crippen molar-refractivity contribution in [2.24, 2.45) is 0 Å². The van der Waals surface area contributed by atoms with E-state index in [2.05, 4.69) is 29.3 Å². The standard InChI is InChI=1S/C9H17N3O/c1-3-8(4-2)10-6-5-9-11-7-12-13-9/h7-8,10H,3-6H2,1-2H3. The quantitative estimate of drug-likeness (QED) is 0.724. The van der Waals surface area contributed by atoms with Gasteiger partial charge in [-0.05, 0) is 12.8 Å². The lowest BCUT2D eigenvalue weighted by Crippen LogP contribution is -2.29. The number of hydrogen-bond acceptors (Lipinski definition) is 4. The van der Waals surface area contributed by atoms with Crippen LogP contribution in [0.25, 0.3) is 0 Å². The Morgan fingerprint density at radius 2 is 2.23 bits per heavy atom. The first-order valence-corrected chi connectivity index (χ1v) is 4.85. The van der Waals surface area contributed by atoms with E-state index in [-0.39, 0.29) is 0 Å². The molecule has 0 unspecified atom stereocenters. The number of nitrogens with one attached hydrogen (secondary N) is 1. The molecular weight excluding hydrogens is 166 g/mol. The lowest BCUT2D eigenvalue weighted by atomic mass is 10.2. The fraction of sp³-hybridized carbons (Fsp3) is 0.778. The monoisotopic (exact) mass is 183 g/mol. The summed E-state index contributed by atoms with van der Waals surface area (Å²) < 4.78 is 4.88. The van der Waals surface area contributed by atoms with Gasteiger partial charge in [-0.3, -0.25) is 0 Å². The number of aromatic nitrogens is 2. The highest BCUT2D eigenvalue weighted by atomic mass is 16.5. The highest BCUT2D eigenvalue weighted by Gasteiger charge is 2.03. The van der Waals surface area contributed by atoms with Crippen LogP contribution in [0.3, 0.4) is 0 Å². The number of nitrogens with zero attached hydrogens (tertiary/aromatic N) is 2. The van der Waals surface area contributed by atoms with E-state index in [0.717, 1.165) is 13.0 Å². The summed E-state index contributed by atoms with van der Waals surface area (Å²) in [4.78, 5) is 3.95. The van der Waals surface area contributed by atoms with E-state index in [9.17, 15) is 0 Å². The van der Waals surface area contributed by atoms with E-state index < -0.39 is 0 Å². The normalized spacial score (nSPS) is 11.0. The van der Waals surface area contributed by atoms with Gasteiger partial charge in [-0.25, -0.2) is 0 Å². The maximum Gasteiger partial charge on any atom is 0.227 e. The number of rotatable bonds is 6. The van der Waals surface area contributed by atoms with Crippen molar-refractivity contribution in [3.05, 3.63) is 12.2 Å². The molecule has 1 aromatic rings. The van der Waals surface area contributed by atoms with Crippen molar-refractivity contribution < 1.29 is 4.52 Å². The topological polar surface area (TPSA) is 51.0 Å². The Hall–Kier alpha value is -0.900. The first-order valence-electron chi connectivity index (χ1n) is 4.85. The van der Waals surface area contributed by atoms with Gasteiger partial charge in [-0.15, -0.1) is 0 Å². The summed E-state index contributed by atoms with van der Waals surface area (Å²) in [6.07, 6.45) is 4.59. The molecule has 74 valence electrons. The summed E-state index contributed by atoms with van der Waals surface area (Å²) in [6.45, 7) is 5.29. The van der Waals surface area contributed by atoms with Crippen LogP contribution in [0, 0.1) is 0 Å². The van der Waals surface area contributed by atoms with E-state index in [0.29, 0.717) is 11.9 Å². The van der Waals surface area contributed by atoms with Gasteiger partial charge in [0.05, 0.1) is 0 Å². The Labute approximate surface area is 78.7 Å². The van der Waals surface area contributed by atoms with Crippen molar-refractivity contribution in [2.75, 3.05) is 6.54 Å². The minimum atomic E-state index is 0.614. The second-order valence-electron chi connectivity index (χ2n) is 3.05. The van der Waals surface area contributed by atoms with E-state index in [1.54, 1.807) is 0 Å². The highest BCUT2D eigenvalue weighted by Crippen LogP contribution is 1.97. The third-order valence-corrected chi connectivity index (χ3v) is 2.16. The average molecular weight is 183 g/mol. The zero-order chi connectivity index (χ0) is 9.52. The Kier molecular flexibility index (Phi) is 4.46. The summed E-state index contributed by atoms with van der Waals surface area (Å²) in [7, 11) is 0. The van der Waals surface area contributed by atoms with Crippen LogP contribution >= 0.6 is 0 Å². The van der Waals surface area contributed by atoms with Gasteiger partial charge < -0.3 is 9.84 Å². The second-order valence-corrected chi connectivity index (χ2v) is 3.05. The summed E-state index contributed by atoms with van der Waals surface area (Å²) in [5, 5.41) is 6.98. The van der Waals surface area contributed by atoms with Crippen LogP contribution in [0.2, 0.25) is 0 Å².